The van der Waals surface area contributed by atoms with Crippen LogP contribution in [-0.2, 0) is 6.54 Å². The van der Waals surface area contributed by atoms with Crippen molar-refractivity contribution in [2.45, 2.75) is 6.54 Å². The normalized spacial score (nSPS) is 10.4. The van der Waals surface area contributed by atoms with Crippen molar-refractivity contribution in [1.82, 2.24) is 9.78 Å². The number of ether oxygens (including phenoxy) is 2. The van der Waals surface area contributed by atoms with Gasteiger partial charge in [-0.25, -0.2) is 4.39 Å². The molecule has 7 heteroatoms. The number of anilines is 1. The van der Waals surface area contributed by atoms with E-state index in [2.05, 4.69) is 10.4 Å². The minimum absolute atomic E-state index is 0.296. The molecule has 0 atom stereocenters. The fourth-order valence-corrected chi connectivity index (χ4v) is 2.51. The monoisotopic (exact) mass is 355 g/mol. The number of carbonyl (C=O) groups is 1. The second-order valence-corrected chi connectivity index (χ2v) is 5.55. The van der Waals surface area contributed by atoms with E-state index in [1.165, 1.54) is 19.2 Å². The van der Waals surface area contributed by atoms with Crippen LogP contribution in [0.5, 0.6) is 11.5 Å². The Balaban J connectivity index is 1.72. The van der Waals surface area contributed by atoms with Crippen LogP contribution in [0, 0.1) is 5.82 Å². The molecular weight excluding hydrogens is 337 g/mol. The molecule has 1 heterocycles. The molecule has 0 bridgehead atoms. The van der Waals surface area contributed by atoms with E-state index in [4.69, 9.17) is 9.47 Å². The van der Waals surface area contributed by atoms with Crippen molar-refractivity contribution in [2.75, 3.05) is 19.5 Å². The summed E-state index contributed by atoms with van der Waals surface area (Å²) in [4.78, 5) is 12.5. The topological polar surface area (TPSA) is 65.4 Å². The summed E-state index contributed by atoms with van der Waals surface area (Å²) in [5.74, 6) is 0.749. The van der Waals surface area contributed by atoms with Gasteiger partial charge in [0, 0.05) is 18.3 Å². The van der Waals surface area contributed by atoms with Crippen molar-refractivity contribution < 1.29 is 18.7 Å². The lowest BCUT2D eigenvalue weighted by atomic mass is 10.1. The number of rotatable bonds is 6. The number of aromatic nitrogens is 2. The second kappa shape index (κ2) is 7.69. The number of hydrogen-bond acceptors (Lipinski definition) is 4. The third-order valence-electron chi connectivity index (χ3n) is 3.77. The van der Waals surface area contributed by atoms with Crippen LogP contribution in [0.3, 0.4) is 0 Å². The molecular formula is C19H18FN3O3. The van der Waals surface area contributed by atoms with Crippen molar-refractivity contribution in [3.63, 3.8) is 0 Å². The first-order valence-corrected chi connectivity index (χ1v) is 7.90. The molecule has 0 spiro atoms. The Kier molecular flexibility index (Phi) is 5.17. The van der Waals surface area contributed by atoms with Crippen LogP contribution in [0.4, 0.5) is 10.2 Å². The molecule has 1 amide bonds. The first kappa shape index (κ1) is 17.5. The number of nitrogens with one attached hydrogen (secondary N) is 1. The molecule has 1 N–H and O–H groups in total. The van der Waals surface area contributed by atoms with E-state index in [9.17, 15) is 9.18 Å². The lowest BCUT2D eigenvalue weighted by molar-refractivity contribution is 0.102. The van der Waals surface area contributed by atoms with Crippen molar-refractivity contribution in [1.29, 1.82) is 0 Å². The van der Waals surface area contributed by atoms with Crippen LogP contribution >= 0.6 is 0 Å². The highest BCUT2D eigenvalue weighted by Crippen LogP contribution is 2.25. The highest BCUT2D eigenvalue weighted by Gasteiger charge is 2.14. The summed E-state index contributed by atoms with van der Waals surface area (Å²) < 4.78 is 25.2. The lowest BCUT2D eigenvalue weighted by Crippen LogP contribution is -2.14. The number of nitrogens with zero attached hydrogens (tertiary/aromatic N) is 2. The summed E-state index contributed by atoms with van der Waals surface area (Å²) in [6, 6.07) is 12.9. The molecule has 3 aromatic rings. The smallest absolute Gasteiger partial charge is 0.260 e. The van der Waals surface area contributed by atoms with Crippen LogP contribution in [0.15, 0.2) is 54.7 Å². The predicted octanol–water partition coefficient (Wildman–Crippen LogP) is 3.34. The number of halogens is 1. The van der Waals surface area contributed by atoms with Crippen LogP contribution in [0.2, 0.25) is 0 Å². The molecule has 0 fully saturated rings. The zero-order valence-corrected chi connectivity index (χ0v) is 14.4. The van der Waals surface area contributed by atoms with Crippen molar-refractivity contribution in [3.8, 4) is 11.5 Å². The molecule has 0 radical (unpaired) electrons. The summed E-state index contributed by atoms with van der Waals surface area (Å²) in [6.45, 7) is 0.402. The molecule has 1 aromatic heterocycles. The Morgan fingerprint density at radius 2 is 2.00 bits per heavy atom. The fourth-order valence-electron chi connectivity index (χ4n) is 2.51. The summed E-state index contributed by atoms with van der Waals surface area (Å²) in [6.07, 6.45) is 1.71. The Morgan fingerprint density at radius 3 is 2.73 bits per heavy atom. The third kappa shape index (κ3) is 4.00. The minimum Gasteiger partial charge on any atom is -0.497 e. The Morgan fingerprint density at radius 1 is 1.15 bits per heavy atom. The van der Waals surface area contributed by atoms with E-state index in [1.54, 1.807) is 48.3 Å². The molecule has 3 rings (SSSR count). The standard InChI is InChI=1S/C19H18FN3O3/c1-25-15-6-7-16(17(11-15)26-2)19(24)21-18-8-9-23(22-18)12-13-4-3-5-14(20)10-13/h3-11H,12H2,1-2H3,(H,21,22,24). The maximum absolute atomic E-state index is 13.3. The number of carbonyl (C=O) groups excluding carboxylic acids is 1. The van der Waals surface area contributed by atoms with E-state index in [0.29, 0.717) is 29.4 Å². The van der Waals surface area contributed by atoms with Crippen LogP contribution in [0.1, 0.15) is 15.9 Å². The molecule has 6 nitrogen and oxygen atoms in total. The molecule has 0 saturated heterocycles. The van der Waals surface area contributed by atoms with Crippen molar-refractivity contribution >= 4 is 11.7 Å². The Hall–Kier alpha value is -3.35. The lowest BCUT2D eigenvalue weighted by Gasteiger charge is -2.09. The predicted molar refractivity (Wildman–Crippen MR) is 95.2 cm³/mol. The van der Waals surface area contributed by atoms with Gasteiger partial charge in [0.2, 0.25) is 0 Å². The number of methoxy groups -OCH3 is 2. The highest BCUT2D eigenvalue weighted by atomic mass is 19.1. The molecule has 0 aliphatic rings. The number of benzene rings is 2. The molecule has 0 unspecified atom stereocenters. The summed E-state index contributed by atoms with van der Waals surface area (Å²) in [5, 5.41) is 7.01. The minimum atomic E-state index is -0.347. The first-order valence-electron chi connectivity index (χ1n) is 7.90. The van der Waals surface area contributed by atoms with E-state index in [-0.39, 0.29) is 11.7 Å². The second-order valence-electron chi connectivity index (χ2n) is 5.55. The van der Waals surface area contributed by atoms with Gasteiger partial charge in [0.05, 0.1) is 26.3 Å². The number of amides is 1. The van der Waals surface area contributed by atoms with Gasteiger partial charge in [-0.2, -0.15) is 5.10 Å². The SMILES string of the molecule is COc1ccc(C(=O)Nc2ccn(Cc3cccc(F)c3)n2)c(OC)c1. The molecule has 26 heavy (non-hydrogen) atoms. The van der Waals surface area contributed by atoms with E-state index in [1.807, 2.05) is 6.07 Å². The molecule has 0 aliphatic carbocycles. The van der Waals surface area contributed by atoms with E-state index in [0.717, 1.165) is 5.56 Å². The maximum Gasteiger partial charge on any atom is 0.260 e. The molecule has 2 aromatic carbocycles. The van der Waals surface area contributed by atoms with Crippen molar-refractivity contribution in [3.05, 3.63) is 71.7 Å². The van der Waals surface area contributed by atoms with Crippen LogP contribution in [0.25, 0.3) is 0 Å². The molecule has 0 saturated carbocycles. The van der Waals surface area contributed by atoms with Crippen LogP contribution < -0.4 is 14.8 Å². The van der Waals surface area contributed by atoms with Crippen molar-refractivity contribution in [2.24, 2.45) is 0 Å². The van der Waals surface area contributed by atoms with Gasteiger partial charge in [0.25, 0.3) is 5.91 Å². The summed E-state index contributed by atoms with van der Waals surface area (Å²) in [5.41, 5.74) is 1.15. The zero-order valence-electron chi connectivity index (χ0n) is 14.4. The zero-order chi connectivity index (χ0) is 18.5. The Labute approximate surface area is 150 Å². The third-order valence-corrected chi connectivity index (χ3v) is 3.77. The number of hydrogen-bond donors (Lipinski definition) is 1. The Bertz CT molecular complexity index is 924. The van der Waals surface area contributed by atoms with Gasteiger partial charge in [-0.15, -0.1) is 0 Å². The average Bonchev–Trinajstić information content (AvgIpc) is 3.07. The van der Waals surface area contributed by atoms with Gasteiger partial charge in [-0.3, -0.25) is 9.48 Å². The van der Waals surface area contributed by atoms with Crippen LogP contribution in [-0.4, -0.2) is 29.9 Å². The van der Waals surface area contributed by atoms with Gasteiger partial charge >= 0.3 is 0 Å². The quantitative estimate of drug-likeness (QED) is 0.736. The van der Waals surface area contributed by atoms with Gasteiger partial charge in [-0.05, 0) is 29.8 Å². The molecule has 134 valence electrons. The van der Waals surface area contributed by atoms with Gasteiger partial charge in [0.15, 0.2) is 5.82 Å². The van der Waals surface area contributed by atoms with E-state index < -0.39 is 0 Å². The average molecular weight is 355 g/mol. The first-order chi connectivity index (χ1) is 12.6. The van der Waals surface area contributed by atoms with Gasteiger partial charge in [0.1, 0.15) is 17.3 Å². The van der Waals surface area contributed by atoms with Gasteiger partial charge in [-0.1, -0.05) is 12.1 Å². The maximum atomic E-state index is 13.3. The van der Waals surface area contributed by atoms with Gasteiger partial charge < -0.3 is 14.8 Å². The fraction of sp³-hybridized carbons (Fsp3) is 0.158. The largest absolute Gasteiger partial charge is 0.497 e. The summed E-state index contributed by atoms with van der Waals surface area (Å²) in [7, 11) is 3.03. The molecule has 0 aliphatic heterocycles. The highest BCUT2D eigenvalue weighted by molar-refractivity contribution is 6.05. The summed E-state index contributed by atoms with van der Waals surface area (Å²) >= 11 is 0. The van der Waals surface area contributed by atoms with E-state index >= 15 is 0 Å².